The van der Waals surface area contributed by atoms with Gasteiger partial charge in [-0.3, -0.25) is 4.90 Å². The molecule has 0 aromatic carbocycles. The van der Waals surface area contributed by atoms with E-state index in [0.29, 0.717) is 26.3 Å². The quantitative estimate of drug-likeness (QED) is 0.500. The number of rotatable bonds is 1. The number of ether oxygens (including phenoxy) is 1. The number of anilines is 1. The third-order valence-electron chi connectivity index (χ3n) is 6.44. The van der Waals surface area contributed by atoms with E-state index in [0.717, 1.165) is 53.1 Å². The summed E-state index contributed by atoms with van der Waals surface area (Å²) < 4.78 is 18.3. The molecule has 6 nitrogen and oxygen atoms in total. The van der Waals surface area contributed by atoms with Gasteiger partial charge in [0.2, 0.25) is 0 Å². The molecular formula is C24H37FN4O2S. The average Bonchev–Trinajstić information content (AvgIpc) is 3.31. The first-order valence-corrected chi connectivity index (χ1v) is 12.3. The third-order valence-corrected chi connectivity index (χ3v) is 7.50. The monoisotopic (exact) mass is 464 g/mol. The minimum Gasteiger partial charge on any atom is -0.386 e. The zero-order valence-corrected chi connectivity index (χ0v) is 20.5. The number of hydrogen-bond donors (Lipinski definition) is 1. The molecule has 3 fully saturated rings. The molecule has 0 radical (unpaired) electrons. The van der Waals surface area contributed by atoms with Crippen LogP contribution in [0.3, 0.4) is 0 Å². The lowest BCUT2D eigenvalue weighted by atomic mass is 9.97. The van der Waals surface area contributed by atoms with Crippen molar-refractivity contribution < 1.29 is 14.2 Å². The van der Waals surface area contributed by atoms with Crippen LogP contribution in [0.5, 0.6) is 0 Å². The Morgan fingerprint density at radius 1 is 1.25 bits per heavy atom. The summed E-state index contributed by atoms with van der Waals surface area (Å²) in [7, 11) is 0. The summed E-state index contributed by atoms with van der Waals surface area (Å²) in [6.45, 7) is 20.0. The smallest absolute Gasteiger partial charge is 0.141 e. The number of nitrogens with zero attached hydrogens (tertiary/aromatic N) is 4. The molecule has 1 N–H and O–H groups in total. The summed E-state index contributed by atoms with van der Waals surface area (Å²) in [5.74, 6) is 2.50. The molecule has 0 spiro atoms. The molecule has 1 aromatic rings. The summed E-state index contributed by atoms with van der Waals surface area (Å²) >= 11 is 1.70. The highest BCUT2D eigenvalue weighted by Gasteiger charge is 2.44. The van der Waals surface area contributed by atoms with Crippen LogP contribution in [0.4, 0.5) is 10.2 Å². The Balaban J connectivity index is 0.000000201. The van der Waals surface area contributed by atoms with E-state index < -0.39 is 11.8 Å². The molecule has 8 heteroatoms. The molecule has 4 aliphatic rings. The fourth-order valence-corrected chi connectivity index (χ4v) is 6.02. The second kappa shape index (κ2) is 10.2. The van der Waals surface area contributed by atoms with Crippen LogP contribution in [-0.2, 0) is 4.74 Å². The molecule has 0 aliphatic carbocycles. The van der Waals surface area contributed by atoms with E-state index in [-0.39, 0.29) is 5.54 Å². The molecule has 178 valence electrons. The maximum absolute atomic E-state index is 12.8. The van der Waals surface area contributed by atoms with Gasteiger partial charge in [-0.05, 0) is 52.2 Å². The van der Waals surface area contributed by atoms with Crippen LogP contribution >= 0.6 is 11.8 Å². The van der Waals surface area contributed by atoms with Crippen LogP contribution in [0, 0.1) is 6.92 Å². The molecule has 32 heavy (non-hydrogen) atoms. The van der Waals surface area contributed by atoms with E-state index in [1.807, 2.05) is 6.92 Å². The van der Waals surface area contributed by atoms with Crippen molar-refractivity contribution in [2.24, 2.45) is 0 Å². The number of hydrogen-bond acceptors (Lipinski definition) is 7. The van der Waals surface area contributed by atoms with Gasteiger partial charge in [0, 0.05) is 24.4 Å². The van der Waals surface area contributed by atoms with Crippen LogP contribution in [0.1, 0.15) is 44.5 Å². The van der Waals surface area contributed by atoms with Crippen molar-refractivity contribution in [3.05, 3.63) is 31.1 Å². The Hall–Kier alpha value is -1.48. The lowest BCUT2D eigenvalue weighted by Gasteiger charge is -2.29. The van der Waals surface area contributed by atoms with Gasteiger partial charge in [0.15, 0.2) is 0 Å². The fraction of sp³-hybridized carbons (Fsp3) is 0.667. The van der Waals surface area contributed by atoms with Gasteiger partial charge in [-0.15, -0.1) is 24.9 Å². The van der Waals surface area contributed by atoms with Crippen molar-refractivity contribution >= 4 is 23.2 Å². The lowest BCUT2D eigenvalue weighted by molar-refractivity contribution is -0.0123. The minimum absolute atomic E-state index is 0.236. The van der Waals surface area contributed by atoms with E-state index in [1.54, 1.807) is 18.7 Å². The number of aryl methyl sites for hydroxylation is 1. The highest BCUT2D eigenvalue weighted by atomic mass is 32.2. The van der Waals surface area contributed by atoms with Gasteiger partial charge in [-0.2, -0.15) is 0 Å². The van der Waals surface area contributed by atoms with E-state index in [2.05, 4.69) is 46.4 Å². The standard InChI is InChI=1S/C14H19N3O2S.C8H14FN.C2H4/c1-9-6-20-13-11(9)12(15-10(2)16-13)17-4-5-19-8-14(3,18)7-17;1-8-3-2-4-10(8)6-7(9)5-8;1-2/h18H,1,4-8H2,2-3H3;7H,2-6H2,1H3;1-2H2/t14-;7-,8+;/m01./s1. The van der Waals surface area contributed by atoms with E-state index >= 15 is 0 Å². The van der Waals surface area contributed by atoms with Gasteiger partial charge in [-0.25, -0.2) is 14.4 Å². The second-order valence-corrected chi connectivity index (χ2v) is 10.4. The van der Waals surface area contributed by atoms with E-state index in [1.165, 1.54) is 12.8 Å². The summed E-state index contributed by atoms with van der Waals surface area (Å²) in [6.07, 6.45) is 2.69. The molecule has 5 heterocycles. The van der Waals surface area contributed by atoms with Crippen molar-refractivity contribution in [2.75, 3.05) is 50.0 Å². The number of alkyl halides is 1. The number of aliphatic hydroxyl groups is 1. The molecule has 0 amide bonds. The predicted octanol–water partition coefficient (Wildman–Crippen LogP) is 3.88. The third kappa shape index (κ3) is 5.53. The van der Waals surface area contributed by atoms with Crippen LogP contribution in [0.15, 0.2) is 24.8 Å². The summed E-state index contributed by atoms with van der Waals surface area (Å²) in [5, 5.41) is 11.3. The largest absolute Gasteiger partial charge is 0.386 e. The van der Waals surface area contributed by atoms with Gasteiger partial charge in [0.25, 0.3) is 0 Å². The van der Waals surface area contributed by atoms with Crippen LogP contribution < -0.4 is 4.90 Å². The lowest BCUT2D eigenvalue weighted by Crippen LogP contribution is -2.42. The van der Waals surface area contributed by atoms with Crippen molar-refractivity contribution in [1.82, 2.24) is 14.9 Å². The van der Waals surface area contributed by atoms with Gasteiger partial charge in [0.05, 0.1) is 25.3 Å². The van der Waals surface area contributed by atoms with Crippen LogP contribution in [-0.4, -0.2) is 82.4 Å². The summed E-state index contributed by atoms with van der Waals surface area (Å²) in [6, 6.07) is 0. The topological polar surface area (TPSA) is 61.7 Å². The SMILES string of the molecule is C=C.C=C1CSc2nc(C)nc(N3CCOC[C@@](C)(O)C3)c21.C[C@@]12CCCN1C[C@H](F)C2. The second-order valence-electron chi connectivity index (χ2n) is 9.49. The Labute approximate surface area is 195 Å². The first kappa shape index (κ1) is 25.1. The molecule has 3 saturated heterocycles. The molecule has 0 saturated carbocycles. The molecule has 5 rings (SSSR count). The highest BCUT2D eigenvalue weighted by Crippen LogP contribution is 2.42. The maximum Gasteiger partial charge on any atom is 0.141 e. The van der Waals surface area contributed by atoms with Crippen LogP contribution in [0.2, 0.25) is 0 Å². The van der Waals surface area contributed by atoms with Crippen LogP contribution in [0.25, 0.3) is 5.57 Å². The molecule has 1 aromatic heterocycles. The zero-order valence-electron chi connectivity index (χ0n) is 19.7. The first-order valence-electron chi connectivity index (χ1n) is 11.3. The summed E-state index contributed by atoms with van der Waals surface area (Å²) in [4.78, 5) is 13.5. The Bertz CT molecular complexity index is 836. The average molecular weight is 465 g/mol. The molecule has 0 bridgehead atoms. The van der Waals surface area contributed by atoms with Gasteiger partial charge in [0.1, 0.15) is 28.4 Å². The Kier molecular flexibility index (Phi) is 8.02. The molecule has 0 unspecified atom stereocenters. The Morgan fingerprint density at radius 3 is 2.72 bits per heavy atom. The fourth-order valence-electron chi connectivity index (χ4n) is 4.99. The number of thioether (sulfide) groups is 1. The van der Waals surface area contributed by atoms with E-state index in [4.69, 9.17) is 4.74 Å². The molecule has 4 aliphatic heterocycles. The highest BCUT2D eigenvalue weighted by molar-refractivity contribution is 8.00. The molecule has 3 atom stereocenters. The maximum atomic E-state index is 12.8. The van der Waals surface area contributed by atoms with Gasteiger partial charge < -0.3 is 14.7 Å². The van der Waals surface area contributed by atoms with E-state index in [9.17, 15) is 9.50 Å². The van der Waals surface area contributed by atoms with Crippen molar-refractivity contribution in [2.45, 2.75) is 62.4 Å². The van der Waals surface area contributed by atoms with Gasteiger partial charge >= 0.3 is 0 Å². The number of β-amino-alcohol motifs (C(OH)–C–C–N with tert-alkyl or cyclic N) is 1. The number of fused-ring (bicyclic) bond motifs is 2. The van der Waals surface area contributed by atoms with Gasteiger partial charge in [-0.1, -0.05) is 6.58 Å². The normalized spacial score (nSPS) is 31.7. The summed E-state index contributed by atoms with van der Waals surface area (Å²) in [5.41, 5.74) is 1.47. The minimum atomic E-state index is -0.866. The zero-order chi connectivity index (χ0) is 23.5. The predicted molar refractivity (Wildman–Crippen MR) is 130 cm³/mol. The van der Waals surface area contributed by atoms with Crippen molar-refractivity contribution in [1.29, 1.82) is 0 Å². The first-order chi connectivity index (χ1) is 15.2. The van der Waals surface area contributed by atoms with Crippen molar-refractivity contribution in [3.63, 3.8) is 0 Å². The number of halogens is 1. The Morgan fingerprint density at radius 2 is 2.00 bits per heavy atom. The number of aromatic nitrogens is 2. The molecular weight excluding hydrogens is 427 g/mol. The van der Waals surface area contributed by atoms with Crippen molar-refractivity contribution in [3.8, 4) is 0 Å².